The van der Waals surface area contributed by atoms with E-state index in [1.165, 1.54) is 0 Å². The van der Waals surface area contributed by atoms with Gasteiger partial charge in [0.25, 0.3) is 0 Å². The third kappa shape index (κ3) is 5.82. The van der Waals surface area contributed by atoms with Crippen LogP contribution in [0.5, 0.6) is 5.88 Å². The molecule has 3 heterocycles. The number of carbonyl (C=O) groups excluding carboxylic acids is 1. The maximum Gasteiger partial charge on any atom is 0.410 e. The minimum Gasteiger partial charge on any atom is -0.476 e. The predicted molar refractivity (Wildman–Crippen MR) is 116 cm³/mol. The number of amides is 1. The monoisotopic (exact) mass is 426 g/mol. The first kappa shape index (κ1) is 20.9. The van der Waals surface area contributed by atoms with Gasteiger partial charge in [0.2, 0.25) is 11.8 Å². The van der Waals surface area contributed by atoms with Crippen LogP contribution >= 0.6 is 0 Å². The number of morpholine rings is 1. The zero-order valence-corrected chi connectivity index (χ0v) is 17.5. The van der Waals surface area contributed by atoms with E-state index in [-0.39, 0.29) is 6.09 Å². The summed E-state index contributed by atoms with van der Waals surface area (Å²) in [6.45, 7) is 6.45. The number of ether oxygens (including phenoxy) is 3. The van der Waals surface area contributed by atoms with Crippen LogP contribution in [0.2, 0.25) is 0 Å². The van der Waals surface area contributed by atoms with E-state index < -0.39 is 0 Å². The summed E-state index contributed by atoms with van der Waals surface area (Å²) in [4.78, 5) is 24.4. The van der Waals surface area contributed by atoms with Gasteiger partial charge in [0, 0.05) is 19.2 Å². The van der Waals surface area contributed by atoms with Crippen molar-refractivity contribution in [2.75, 3.05) is 62.9 Å². The average molecular weight is 426 g/mol. The van der Waals surface area contributed by atoms with E-state index in [0.717, 1.165) is 11.3 Å². The second kappa shape index (κ2) is 10.1. The smallest absolute Gasteiger partial charge is 0.410 e. The second-order valence-electron chi connectivity index (χ2n) is 7.22. The molecule has 10 heteroatoms. The van der Waals surface area contributed by atoms with E-state index in [4.69, 9.17) is 14.2 Å². The Morgan fingerprint density at radius 1 is 1.19 bits per heavy atom. The van der Waals surface area contributed by atoms with Crippen molar-refractivity contribution in [2.45, 2.75) is 6.92 Å². The van der Waals surface area contributed by atoms with Crippen LogP contribution in [0.25, 0.3) is 0 Å². The van der Waals surface area contributed by atoms with E-state index in [9.17, 15) is 4.79 Å². The SMILES string of the molecule is Cc1cccc(N/N=C/c2cc(OCCN3CCOC3=O)nc(N3CCOCC3)n2)c1. The lowest BCUT2D eigenvalue weighted by atomic mass is 10.2. The lowest BCUT2D eigenvalue weighted by Crippen LogP contribution is -2.37. The van der Waals surface area contributed by atoms with Gasteiger partial charge in [0.1, 0.15) is 13.2 Å². The minimum atomic E-state index is -0.310. The molecule has 0 bridgehead atoms. The first-order valence-electron chi connectivity index (χ1n) is 10.3. The van der Waals surface area contributed by atoms with E-state index in [1.807, 2.05) is 31.2 Å². The molecule has 0 unspecified atom stereocenters. The molecule has 2 fully saturated rings. The molecule has 31 heavy (non-hydrogen) atoms. The second-order valence-corrected chi connectivity index (χ2v) is 7.22. The molecule has 0 spiro atoms. The van der Waals surface area contributed by atoms with Crippen molar-refractivity contribution in [3.8, 4) is 5.88 Å². The van der Waals surface area contributed by atoms with Crippen LogP contribution in [0, 0.1) is 6.92 Å². The first-order chi connectivity index (χ1) is 15.2. The molecule has 1 aromatic carbocycles. The van der Waals surface area contributed by atoms with Crippen molar-refractivity contribution in [3.63, 3.8) is 0 Å². The molecule has 1 amide bonds. The highest BCUT2D eigenvalue weighted by atomic mass is 16.6. The number of cyclic esters (lactones) is 1. The lowest BCUT2D eigenvalue weighted by molar-refractivity contribution is 0.122. The number of aryl methyl sites for hydroxylation is 1. The number of nitrogens with one attached hydrogen (secondary N) is 1. The number of hydrogen-bond donors (Lipinski definition) is 1. The average Bonchev–Trinajstić information content (AvgIpc) is 3.19. The summed E-state index contributed by atoms with van der Waals surface area (Å²) >= 11 is 0. The van der Waals surface area contributed by atoms with Gasteiger partial charge in [-0.15, -0.1) is 0 Å². The van der Waals surface area contributed by atoms with Gasteiger partial charge < -0.3 is 24.0 Å². The Hall–Kier alpha value is -3.40. The van der Waals surface area contributed by atoms with Gasteiger partial charge in [-0.2, -0.15) is 10.1 Å². The number of aromatic nitrogens is 2. The van der Waals surface area contributed by atoms with Crippen LogP contribution in [-0.4, -0.2) is 79.8 Å². The number of hydrogen-bond acceptors (Lipinski definition) is 9. The molecular formula is C21H26N6O4. The minimum absolute atomic E-state index is 0.310. The van der Waals surface area contributed by atoms with Crippen LogP contribution in [0.4, 0.5) is 16.4 Å². The largest absolute Gasteiger partial charge is 0.476 e. The molecule has 0 aliphatic carbocycles. The van der Waals surface area contributed by atoms with Gasteiger partial charge in [-0.1, -0.05) is 12.1 Å². The number of anilines is 2. The molecule has 2 saturated heterocycles. The highest BCUT2D eigenvalue weighted by Crippen LogP contribution is 2.17. The molecule has 1 aromatic heterocycles. The van der Waals surface area contributed by atoms with Crippen molar-refractivity contribution in [1.29, 1.82) is 0 Å². The van der Waals surface area contributed by atoms with E-state index in [0.29, 0.717) is 70.1 Å². The van der Waals surface area contributed by atoms with Gasteiger partial charge >= 0.3 is 6.09 Å². The lowest BCUT2D eigenvalue weighted by Gasteiger charge is -2.27. The van der Waals surface area contributed by atoms with E-state index in [1.54, 1.807) is 17.2 Å². The summed E-state index contributed by atoms with van der Waals surface area (Å²) in [5.41, 5.74) is 5.68. The Morgan fingerprint density at radius 2 is 2.06 bits per heavy atom. The van der Waals surface area contributed by atoms with Crippen LogP contribution in [0.3, 0.4) is 0 Å². The highest BCUT2D eigenvalue weighted by molar-refractivity contribution is 5.78. The molecular weight excluding hydrogens is 400 g/mol. The zero-order valence-electron chi connectivity index (χ0n) is 17.5. The molecule has 0 atom stereocenters. The zero-order chi connectivity index (χ0) is 21.5. The summed E-state index contributed by atoms with van der Waals surface area (Å²) in [6, 6.07) is 9.68. The molecule has 4 rings (SSSR count). The molecule has 2 aliphatic rings. The summed E-state index contributed by atoms with van der Waals surface area (Å²) < 4.78 is 16.2. The maximum atomic E-state index is 11.6. The van der Waals surface area contributed by atoms with Crippen LogP contribution in [0.1, 0.15) is 11.3 Å². The number of nitrogens with zero attached hydrogens (tertiary/aromatic N) is 5. The maximum absolute atomic E-state index is 11.6. The van der Waals surface area contributed by atoms with Gasteiger partial charge in [-0.3, -0.25) is 5.43 Å². The van der Waals surface area contributed by atoms with Gasteiger partial charge in [0.05, 0.1) is 43.9 Å². The molecule has 164 valence electrons. The molecule has 10 nitrogen and oxygen atoms in total. The number of carbonyl (C=O) groups is 1. The molecule has 0 radical (unpaired) electrons. The van der Waals surface area contributed by atoms with Gasteiger partial charge in [0.15, 0.2) is 0 Å². The van der Waals surface area contributed by atoms with Crippen LogP contribution < -0.4 is 15.1 Å². The van der Waals surface area contributed by atoms with E-state index in [2.05, 4.69) is 25.4 Å². The molecule has 0 saturated carbocycles. The van der Waals surface area contributed by atoms with Crippen molar-refractivity contribution in [2.24, 2.45) is 5.10 Å². The van der Waals surface area contributed by atoms with Crippen molar-refractivity contribution in [3.05, 3.63) is 41.6 Å². The van der Waals surface area contributed by atoms with Crippen molar-refractivity contribution in [1.82, 2.24) is 14.9 Å². The molecule has 1 N–H and O–H groups in total. The Bertz CT molecular complexity index is 932. The first-order valence-corrected chi connectivity index (χ1v) is 10.3. The van der Waals surface area contributed by atoms with Gasteiger partial charge in [-0.25, -0.2) is 9.78 Å². The number of benzene rings is 1. The standard InChI is InChI=1S/C21H26N6O4/c1-16-3-2-4-17(13-16)25-22-15-18-14-19(30-11-7-27-8-12-31-21(27)28)24-20(23-18)26-5-9-29-10-6-26/h2-4,13-15,25H,5-12H2,1H3/b22-15+. The summed E-state index contributed by atoms with van der Waals surface area (Å²) in [7, 11) is 0. The quantitative estimate of drug-likeness (QED) is 0.505. The summed E-state index contributed by atoms with van der Waals surface area (Å²) in [6.07, 6.45) is 1.33. The fraction of sp³-hybridized carbons (Fsp3) is 0.429. The van der Waals surface area contributed by atoms with Gasteiger partial charge in [-0.05, 0) is 24.6 Å². The predicted octanol–water partition coefficient (Wildman–Crippen LogP) is 1.90. The van der Waals surface area contributed by atoms with Crippen LogP contribution in [0.15, 0.2) is 35.4 Å². The third-order valence-electron chi connectivity index (χ3n) is 4.87. The molecule has 2 aliphatic heterocycles. The molecule has 2 aromatic rings. The topological polar surface area (TPSA) is 101 Å². The summed E-state index contributed by atoms with van der Waals surface area (Å²) in [5.74, 6) is 0.999. The number of hydrazone groups is 1. The van der Waals surface area contributed by atoms with Crippen molar-refractivity contribution >= 4 is 23.9 Å². The fourth-order valence-electron chi connectivity index (χ4n) is 3.25. The normalized spacial score (nSPS) is 16.6. The van der Waals surface area contributed by atoms with Crippen LogP contribution in [-0.2, 0) is 9.47 Å². The summed E-state index contributed by atoms with van der Waals surface area (Å²) in [5, 5.41) is 4.30. The Balaban J connectivity index is 1.45. The fourth-order valence-corrected chi connectivity index (χ4v) is 3.25. The number of rotatable bonds is 8. The Morgan fingerprint density at radius 3 is 2.84 bits per heavy atom. The Kier molecular flexibility index (Phi) is 6.78. The Labute approximate surface area is 180 Å². The third-order valence-corrected chi connectivity index (χ3v) is 4.87. The van der Waals surface area contributed by atoms with Crippen molar-refractivity contribution < 1.29 is 19.0 Å². The van der Waals surface area contributed by atoms with E-state index >= 15 is 0 Å². The highest BCUT2D eigenvalue weighted by Gasteiger charge is 2.21.